The van der Waals surface area contributed by atoms with E-state index in [9.17, 15) is 9.59 Å². The molecule has 0 N–H and O–H groups in total. The van der Waals surface area contributed by atoms with E-state index >= 15 is 0 Å². The fourth-order valence-electron chi connectivity index (χ4n) is 4.39. The van der Waals surface area contributed by atoms with Gasteiger partial charge in [0.15, 0.2) is 0 Å². The number of piperidine rings is 2. The van der Waals surface area contributed by atoms with Crippen LogP contribution in [-0.4, -0.2) is 47.8 Å². The van der Waals surface area contributed by atoms with Crippen LogP contribution in [0.3, 0.4) is 0 Å². The summed E-state index contributed by atoms with van der Waals surface area (Å²) in [6, 6.07) is 3.84. The van der Waals surface area contributed by atoms with Crippen LogP contribution in [0, 0.1) is 17.8 Å². The van der Waals surface area contributed by atoms with Crippen LogP contribution >= 0.6 is 0 Å². The Morgan fingerprint density at radius 3 is 2.60 bits per heavy atom. The van der Waals surface area contributed by atoms with Gasteiger partial charge in [-0.1, -0.05) is 6.92 Å². The largest absolute Gasteiger partial charge is 0.469 e. The highest BCUT2D eigenvalue weighted by Gasteiger charge is 2.48. The van der Waals surface area contributed by atoms with E-state index in [1.54, 1.807) is 6.26 Å². The van der Waals surface area contributed by atoms with E-state index in [0.29, 0.717) is 6.54 Å². The second-order valence-electron chi connectivity index (χ2n) is 8.10. The molecule has 5 heteroatoms. The maximum atomic E-state index is 12.8. The number of hydrogen-bond acceptors (Lipinski definition) is 3. The van der Waals surface area contributed by atoms with Crippen LogP contribution < -0.4 is 0 Å². The van der Waals surface area contributed by atoms with Crippen LogP contribution in [-0.2, 0) is 9.59 Å². The molecule has 3 atom stereocenters. The van der Waals surface area contributed by atoms with Gasteiger partial charge in [-0.05, 0) is 50.2 Å². The summed E-state index contributed by atoms with van der Waals surface area (Å²) in [5, 5.41) is 0. The summed E-state index contributed by atoms with van der Waals surface area (Å²) in [7, 11) is 0. The van der Waals surface area contributed by atoms with Crippen LogP contribution in [0.1, 0.15) is 50.7 Å². The Balaban J connectivity index is 1.33. The summed E-state index contributed by atoms with van der Waals surface area (Å²) in [5.74, 6) is 2.41. The van der Waals surface area contributed by atoms with Crippen molar-refractivity contribution in [1.29, 1.82) is 0 Å². The highest BCUT2D eigenvalue weighted by atomic mass is 16.3. The van der Waals surface area contributed by atoms with Gasteiger partial charge in [0.25, 0.3) is 0 Å². The van der Waals surface area contributed by atoms with E-state index in [1.807, 2.05) is 21.9 Å². The summed E-state index contributed by atoms with van der Waals surface area (Å²) in [4.78, 5) is 29.6. The fraction of sp³-hybridized carbons (Fsp3) is 0.700. The SMILES string of the molecule is CC1CCN(C(=O)[C@@H]2CCCN(C(=O)[C@@H]3C[C@H]3c3ccco3)C2)CC1. The number of carbonyl (C=O) groups is 2. The molecular formula is C20H28N2O3. The zero-order chi connectivity index (χ0) is 17.4. The molecule has 3 heterocycles. The first-order chi connectivity index (χ1) is 12.1. The molecule has 136 valence electrons. The molecule has 0 bridgehead atoms. The lowest BCUT2D eigenvalue weighted by molar-refractivity contribution is -0.142. The van der Waals surface area contributed by atoms with Crippen LogP contribution in [0.4, 0.5) is 0 Å². The molecule has 2 aliphatic heterocycles. The third-order valence-corrected chi connectivity index (χ3v) is 6.19. The Morgan fingerprint density at radius 1 is 1.08 bits per heavy atom. The van der Waals surface area contributed by atoms with Gasteiger partial charge in [-0.15, -0.1) is 0 Å². The monoisotopic (exact) mass is 344 g/mol. The zero-order valence-electron chi connectivity index (χ0n) is 15.0. The van der Waals surface area contributed by atoms with Crippen LogP contribution in [0.15, 0.2) is 22.8 Å². The van der Waals surface area contributed by atoms with Crippen molar-refractivity contribution in [1.82, 2.24) is 9.80 Å². The Kier molecular flexibility index (Phi) is 4.57. The van der Waals surface area contributed by atoms with Crippen molar-refractivity contribution in [2.24, 2.45) is 17.8 Å². The van der Waals surface area contributed by atoms with Crippen molar-refractivity contribution in [2.75, 3.05) is 26.2 Å². The van der Waals surface area contributed by atoms with E-state index in [0.717, 1.165) is 63.4 Å². The number of likely N-dealkylation sites (tertiary alicyclic amines) is 2. The van der Waals surface area contributed by atoms with Gasteiger partial charge in [0.1, 0.15) is 5.76 Å². The van der Waals surface area contributed by atoms with Crippen molar-refractivity contribution in [3.05, 3.63) is 24.2 Å². The number of carbonyl (C=O) groups excluding carboxylic acids is 2. The number of nitrogens with zero attached hydrogens (tertiary/aromatic N) is 2. The molecule has 2 saturated heterocycles. The topological polar surface area (TPSA) is 53.8 Å². The smallest absolute Gasteiger partial charge is 0.227 e. The Morgan fingerprint density at radius 2 is 1.88 bits per heavy atom. The Bertz CT molecular complexity index is 619. The summed E-state index contributed by atoms with van der Waals surface area (Å²) in [6.07, 6.45) is 6.61. The predicted molar refractivity (Wildman–Crippen MR) is 93.8 cm³/mol. The maximum Gasteiger partial charge on any atom is 0.227 e. The molecule has 25 heavy (non-hydrogen) atoms. The molecule has 1 aliphatic carbocycles. The van der Waals surface area contributed by atoms with Gasteiger partial charge in [-0.3, -0.25) is 9.59 Å². The van der Waals surface area contributed by atoms with Gasteiger partial charge < -0.3 is 14.2 Å². The molecule has 0 radical (unpaired) electrons. The predicted octanol–water partition coefficient (Wildman–Crippen LogP) is 2.88. The van der Waals surface area contributed by atoms with Crippen LogP contribution in [0.5, 0.6) is 0 Å². The molecule has 0 spiro atoms. The standard InChI is InChI=1S/C20H28N2O3/c1-14-6-9-21(10-7-14)19(23)15-4-2-8-22(13-15)20(24)17-12-16(17)18-5-3-11-25-18/h3,5,11,14-17H,2,4,6-10,12-13H2,1H3/t15-,16-,17-/m1/s1. The highest BCUT2D eigenvalue weighted by Crippen LogP contribution is 2.48. The molecule has 3 fully saturated rings. The summed E-state index contributed by atoms with van der Waals surface area (Å²) < 4.78 is 5.44. The summed E-state index contributed by atoms with van der Waals surface area (Å²) in [6.45, 7) is 5.42. The van der Waals surface area contributed by atoms with Crippen molar-refractivity contribution in [2.45, 2.75) is 44.9 Å². The minimum Gasteiger partial charge on any atom is -0.469 e. The van der Waals surface area contributed by atoms with E-state index in [4.69, 9.17) is 4.42 Å². The third-order valence-electron chi connectivity index (χ3n) is 6.19. The van der Waals surface area contributed by atoms with Crippen molar-refractivity contribution in [3.63, 3.8) is 0 Å². The average molecular weight is 344 g/mol. The van der Waals surface area contributed by atoms with E-state index in [1.165, 1.54) is 0 Å². The Hall–Kier alpha value is -1.78. The third kappa shape index (κ3) is 3.46. The van der Waals surface area contributed by atoms with E-state index < -0.39 is 0 Å². The summed E-state index contributed by atoms with van der Waals surface area (Å²) >= 11 is 0. The minimum absolute atomic E-state index is 0.00748. The number of amides is 2. The normalized spacial score (nSPS) is 30.4. The molecule has 2 amide bonds. The first-order valence-electron chi connectivity index (χ1n) is 9.74. The van der Waals surface area contributed by atoms with Gasteiger partial charge in [-0.25, -0.2) is 0 Å². The molecule has 3 aliphatic rings. The number of furan rings is 1. The van der Waals surface area contributed by atoms with Crippen molar-refractivity contribution >= 4 is 11.8 Å². The summed E-state index contributed by atoms with van der Waals surface area (Å²) in [5.41, 5.74) is 0. The van der Waals surface area contributed by atoms with Crippen molar-refractivity contribution < 1.29 is 14.0 Å². The van der Waals surface area contributed by atoms with Crippen LogP contribution in [0.2, 0.25) is 0 Å². The van der Waals surface area contributed by atoms with Gasteiger partial charge in [0.2, 0.25) is 11.8 Å². The molecule has 4 rings (SSSR count). The molecule has 5 nitrogen and oxygen atoms in total. The molecule has 1 aromatic heterocycles. The van der Waals surface area contributed by atoms with Gasteiger partial charge in [-0.2, -0.15) is 0 Å². The highest BCUT2D eigenvalue weighted by molar-refractivity contribution is 5.84. The maximum absolute atomic E-state index is 12.8. The zero-order valence-corrected chi connectivity index (χ0v) is 15.0. The van der Waals surface area contributed by atoms with E-state index in [-0.39, 0.29) is 29.6 Å². The molecule has 1 aromatic rings. The Labute approximate surface area is 149 Å². The quantitative estimate of drug-likeness (QED) is 0.847. The van der Waals surface area contributed by atoms with Gasteiger partial charge in [0, 0.05) is 38.0 Å². The van der Waals surface area contributed by atoms with Crippen LogP contribution in [0.25, 0.3) is 0 Å². The second-order valence-corrected chi connectivity index (χ2v) is 8.10. The van der Waals surface area contributed by atoms with E-state index in [2.05, 4.69) is 6.92 Å². The lowest BCUT2D eigenvalue weighted by atomic mass is 9.93. The molecule has 1 saturated carbocycles. The molecule has 0 unspecified atom stereocenters. The number of rotatable bonds is 3. The minimum atomic E-state index is -0.00748. The first-order valence-corrected chi connectivity index (χ1v) is 9.74. The van der Waals surface area contributed by atoms with Gasteiger partial charge in [0.05, 0.1) is 12.2 Å². The fourth-order valence-corrected chi connectivity index (χ4v) is 4.39. The molecular weight excluding hydrogens is 316 g/mol. The lowest BCUT2D eigenvalue weighted by Gasteiger charge is -2.37. The van der Waals surface area contributed by atoms with Gasteiger partial charge >= 0.3 is 0 Å². The number of hydrogen-bond donors (Lipinski definition) is 0. The molecule has 0 aromatic carbocycles. The lowest BCUT2D eigenvalue weighted by Crippen LogP contribution is -2.48. The average Bonchev–Trinajstić information content (AvgIpc) is 3.25. The second kappa shape index (κ2) is 6.85. The first kappa shape index (κ1) is 16.7. The van der Waals surface area contributed by atoms with Crippen molar-refractivity contribution in [3.8, 4) is 0 Å².